The minimum atomic E-state index is -3.21. The standard InChI is InChI=1S/C15H16FN3O2S/c1-22(20,21)19-8-6-13-14(7-9-19)17-10-18-15(13)11-2-4-12(16)5-3-11/h2-5,10H,6-9H2,1H3. The minimum absolute atomic E-state index is 0.299. The highest BCUT2D eigenvalue weighted by Crippen LogP contribution is 2.26. The lowest BCUT2D eigenvalue weighted by atomic mass is 10.0. The van der Waals surface area contributed by atoms with E-state index in [4.69, 9.17) is 0 Å². The Hall–Kier alpha value is -1.86. The maximum absolute atomic E-state index is 13.1. The van der Waals surface area contributed by atoms with Gasteiger partial charge < -0.3 is 0 Å². The molecule has 1 aliphatic rings. The van der Waals surface area contributed by atoms with Crippen LogP contribution >= 0.6 is 0 Å². The Morgan fingerprint density at radius 3 is 2.45 bits per heavy atom. The summed E-state index contributed by atoms with van der Waals surface area (Å²) < 4.78 is 38.0. The summed E-state index contributed by atoms with van der Waals surface area (Å²) in [5.41, 5.74) is 3.37. The Kier molecular flexibility index (Phi) is 3.92. The van der Waals surface area contributed by atoms with E-state index in [0.717, 1.165) is 22.5 Å². The van der Waals surface area contributed by atoms with Crippen molar-refractivity contribution in [3.8, 4) is 11.3 Å². The number of halogens is 1. The van der Waals surface area contributed by atoms with Gasteiger partial charge in [0.05, 0.1) is 11.9 Å². The van der Waals surface area contributed by atoms with E-state index in [1.54, 1.807) is 12.1 Å². The summed E-state index contributed by atoms with van der Waals surface area (Å²) >= 11 is 0. The number of rotatable bonds is 2. The predicted octanol–water partition coefficient (Wildman–Crippen LogP) is 1.64. The fourth-order valence-electron chi connectivity index (χ4n) is 2.69. The number of hydrogen-bond acceptors (Lipinski definition) is 4. The van der Waals surface area contributed by atoms with Crippen LogP contribution in [0.2, 0.25) is 0 Å². The van der Waals surface area contributed by atoms with Crippen LogP contribution in [0.1, 0.15) is 11.3 Å². The second-order valence-corrected chi connectivity index (χ2v) is 7.30. The molecule has 0 amide bonds. The molecule has 0 bridgehead atoms. The van der Waals surface area contributed by atoms with Crippen molar-refractivity contribution in [1.29, 1.82) is 0 Å². The van der Waals surface area contributed by atoms with Crippen molar-refractivity contribution in [2.75, 3.05) is 19.3 Å². The van der Waals surface area contributed by atoms with Gasteiger partial charge >= 0.3 is 0 Å². The first-order chi connectivity index (χ1) is 10.4. The smallest absolute Gasteiger partial charge is 0.211 e. The zero-order valence-corrected chi connectivity index (χ0v) is 13.0. The van der Waals surface area contributed by atoms with Crippen molar-refractivity contribution < 1.29 is 12.8 Å². The lowest BCUT2D eigenvalue weighted by molar-refractivity contribution is 0.430. The van der Waals surface area contributed by atoms with Crippen LogP contribution in [0.3, 0.4) is 0 Å². The van der Waals surface area contributed by atoms with Crippen LogP contribution in [0.25, 0.3) is 11.3 Å². The van der Waals surface area contributed by atoms with E-state index in [0.29, 0.717) is 25.9 Å². The lowest BCUT2D eigenvalue weighted by Gasteiger charge is -2.16. The second kappa shape index (κ2) is 5.73. The van der Waals surface area contributed by atoms with E-state index in [1.165, 1.54) is 29.0 Å². The number of nitrogens with zero attached hydrogens (tertiary/aromatic N) is 3. The third kappa shape index (κ3) is 3.00. The third-order valence-electron chi connectivity index (χ3n) is 3.83. The first-order valence-corrected chi connectivity index (χ1v) is 8.84. The molecule has 0 unspecified atom stereocenters. The third-order valence-corrected chi connectivity index (χ3v) is 5.13. The van der Waals surface area contributed by atoms with E-state index in [9.17, 15) is 12.8 Å². The molecule has 0 aliphatic carbocycles. The Bertz CT molecular complexity index is 791. The highest BCUT2D eigenvalue weighted by molar-refractivity contribution is 7.88. The topological polar surface area (TPSA) is 63.2 Å². The van der Waals surface area contributed by atoms with Gasteiger partial charge in [-0.3, -0.25) is 0 Å². The molecule has 116 valence electrons. The van der Waals surface area contributed by atoms with Crippen LogP contribution in [0.4, 0.5) is 4.39 Å². The minimum Gasteiger partial charge on any atom is -0.241 e. The summed E-state index contributed by atoms with van der Waals surface area (Å²) in [5.74, 6) is -0.299. The number of fused-ring (bicyclic) bond motifs is 1. The van der Waals surface area contributed by atoms with Crippen molar-refractivity contribution in [2.45, 2.75) is 12.8 Å². The molecule has 0 fully saturated rings. The SMILES string of the molecule is CS(=O)(=O)N1CCc2ncnc(-c3ccc(F)cc3)c2CC1. The molecule has 3 rings (SSSR count). The Balaban J connectivity index is 1.99. The molecule has 22 heavy (non-hydrogen) atoms. The molecule has 2 heterocycles. The van der Waals surface area contributed by atoms with Crippen molar-refractivity contribution in [3.05, 3.63) is 47.7 Å². The molecule has 1 aliphatic heterocycles. The second-order valence-electron chi connectivity index (χ2n) is 5.32. The van der Waals surface area contributed by atoms with Crippen molar-refractivity contribution in [1.82, 2.24) is 14.3 Å². The van der Waals surface area contributed by atoms with Gasteiger partial charge in [-0.1, -0.05) is 0 Å². The van der Waals surface area contributed by atoms with Crippen LogP contribution in [0, 0.1) is 5.82 Å². The van der Waals surface area contributed by atoms with Gasteiger partial charge in [-0.2, -0.15) is 0 Å². The molecule has 0 atom stereocenters. The summed E-state index contributed by atoms with van der Waals surface area (Å²) in [6.07, 6.45) is 3.80. The molecule has 5 nitrogen and oxygen atoms in total. The van der Waals surface area contributed by atoms with Gasteiger partial charge in [0.25, 0.3) is 0 Å². The molecule has 0 saturated heterocycles. The largest absolute Gasteiger partial charge is 0.241 e. The van der Waals surface area contributed by atoms with Crippen LogP contribution < -0.4 is 0 Å². The van der Waals surface area contributed by atoms with Gasteiger partial charge in [0.15, 0.2) is 0 Å². The van der Waals surface area contributed by atoms with Gasteiger partial charge in [0, 0.05) is 36.3 Å². The Labute approximate surface area is 128 Å². The van der Waals surface area contributed by atoms with E-state index >= 15 is 0 Å². The predicted molar refractivity (Wildman–Crippen MR) is 81.3 cm³/mol. The molecule has 7 heteroatoms. The van der Waals surface area contributed by atoms with Gasteiger partial charge in [-0.25, -0.2) is 27.1 Å². The molecular formula is C15H16FN3O2S. The monoisotopic (exact) mass is 321 g/mol. The first-order valence-electron chi connectivity index (χ1n) is 6.99. The summed E-state index contributed by atoms with van der Waals surface area (Å²) in [6.45, 7) is 0.832. The normalized spacial score (nSPS) is 16.1. The number of hydrogen-bond donors (Lipinski definition) is 0. The van der Waals surface area contributed by atoms with Crippen LogP contribution in [-0.2, 0) is 22.9 Å². The lowest BCUT2D eigenvalue weighted by Crippen LogP contribution is -2.32. The summed E-state index contributed by atoms with van der Waals surface area (Å²) in [5, 5.41) is 0. The highest BCUT2D eigenvalue weighted by atomic mass is 32.2. The molecule has 2 aromatic rings. The summed E-state index contributed by atoms with van der Waals surface area (Å²) in [4.78, 5) is 8.61. The fourth-order valence-corrected chi connectivity index (χ4v) is 3.54. The van der Waals surface area contributed by atoms with Crippen LogP contribution in [0.15, 0.2) is 30.6 Å². The first kappa shape index (κ1) is 15.1. The Morgan fingerprint density at radius 2 is 1.77 bits per heavy atom. The number of aromatic nitrogens is 2. The average Bonchev–Trinajstić information content (AvgIpc) is 2.70. The van der Waals surface area contributed by atoms with E-state index in [-0.39, 0.29) is 5.82 Å². The number of benzene rings is 1. The van der Waals surface area contributed by atoms with E-state index in [2.05, 4.69) is 9.97 Å². The van der Waals surface area contributed by atoms with Gasteiger partial charge in [-0.15, -0.1) is 0 Å². The molecule has 0 spiro atoms. The van der Waals surface area contributed by atoms with Crippen molar-refractivity contribution in [2.24, 2.45) is 0 Å². The zero-order chi connectivity index (χ0) is 15.7. The molecular weight excluding hydrogens is 305 g/mol. The summed E-state index contributed by atoms with van der Waals surface area (Å²) in [6, 6.07) is 6.14. The van der Waals surface area contributed by atoms with Gasteiger partial charge in [-0.05, 0) is 30.7 Å². The Morgan fingerprint density at radius 1 is 1.09 bits per heavy atom. The molecule has 0 radical (unpaired) electrons. The highest BCUT2D eigenvalue weighted by Gasteiger charge is 2.23. The van der Waals surface area contributed by atoms with Crippen molar-refractivity contribution >= 4 is 10.0 Å². The molecule has 0 N–H and O–H groups in total. The van der Waals surface area contributed by atoms with E-state index < -0.39 is 10.0 Å². The number of sulfonamides is 1. The fraction of sp³-hybridized carbons (Fsp3) is 0.333. The molecule has 1 aromatic heterocycles. The molecule has 0 saturated carbocycles. The summed E-state index contributed by atoms with van der Waals surface area (Å²) in [7, 11) is -3.21. The van der Waals surface area contributed by atoms with Crippen LogP contribution in [0.5, 0.6) is 0 Å². The van der Waals surface area contributed by atoms with Crippen molar-refractivity contribution in [3.63, 3.8) is 0 Å². The van der Waals surface area contributed by atoms with Gasteiger partial charge in [0.2, 0.25) is 10.0 Å². The molecule has 1 aromatic carbocycles. The maximum atomic E-state index is 13.1. The maximum Gasteiger partial charge on any atom is 0.211 e. The average molecular weight is 321 g/mol. The zero-order valence-electron chi connectivity index (χ0n) is 12.2. The van der Waals surface area contributed by atoms with E-state index in [1.807, 2.05) is 0 Å². The van der Waals surface area contributed by atoms with Crippen LogP contribution in [-0.4, -0.2) is 42.0 Å². The van der Waals surface area contributed by atoms with Gasteiger partial charge in [0.1, 0.15) is 12.1 Å². The quantitative estimate of drug-likeness (QED) is 0.843.